The Balaban J connectivity index is 1.65. The lowest BCUT2D eigenvalue weighted by Crippen LogP contribution is -2.18. The summed E-state index contributed by atoms with van der Waals surface area (Å²) >= 11 is 3.80. The zero-order valence-corrected chi connectivity index (χ0v) is 12.4. The number of hydrogen-bond donors (Lipinski definition) is 0. The molecule has 3 rings (SSSR count). The molecule has 0 spiro atoms. The van der Waals surface area contributed by atoms with Gasteiger partial charge in [0.1, 0.15) is 0 Å². The molecule has 0 amide bonds. The summed E-state index contributed by atoms with van der Waals surface area (Å²) in [5, 5.41) is 0. The van der Waals surface area contributed by atoms with Crippen LogP contribution in [0.3, 0.4) is 0 Å². The van der Waals surface area contributed by atoms with Gasteiger partial charge in [-0.25, -0.2) is 4.98 Å². The molecule has 1 aromatic heterocycles. The molecule has 18 heavy (non-hydrogen) atoms. The first-order valence-corrected chi connectivity index (χ1v) is 8.61. The number of rotatable bonds is 3. The molecule has 0 aliphatic heterocycles. The summed E-state index contributed by atoms with van der Waals surface area (Å²) in [6.45, 7) is 2.42. The summed E-state index contributed by atoms with van der Waals surface area (Å²) in [7, 11) is 0. The van der Waals surface area contributed by atoms with Crippen molar-refractivity contribution in [1.82, 2.24) is 4.98 Å². The second kappa shape index (κ2) is 5.62. The fourth-order valence-electron chi connectivity index (χ4n) is 2.73. The highest BCUT2D eigenvalue weighted by Crippen LogP contribution is 2.36. The first-order chi connectivity index (χ1) is 8.83. The monoisotopic (exact) mass is 277 g/mol. The van der Waals surface area contributed by atoms with E-state index in [-0.39, 0.29) is 0 Å². The molecule has 1 heterocycles. The minimum absolute atomic E-state index is 0.899. The van der Waals surface area contributed by atoms with E-state index in [9.17, 15) is 0 Å². The highest BCUT2D eigenvalue weighted by Gasteiger charge is 2.21. The molecule has 1 aliphatic carbocycles. The largest absolute Gasteiger partial charge is 0.230 e. The molecule has 96 valence electrons. The van der Waals surface area contributed by atoms with Crippen LogP contribution in [0.4, 0.5) is 0 Å². The van der Waals surface area contributed by atoms with Gasteiger partial charge in [0.15, 0.2) is 4.34 Å². The number of thioether (sulfide) groups is 1. The average molecular weight is 277 g/mol. The highest BCUT2D eigenvalue weighted by atomic mass is 32.2. The van der Waals surface area contributed by atoms with E-state index in [1.165, 1.54) is 40.5 Å². The van der Waals surface area contributed by atoms with Crippen LogP contribution in [0.1, 0.15) is 32.6 Å². The Bertz CT molecular complexity index is 487. The highest BCUT2D eigenvalue weighted by molar-refractivity contribution is 8.01. The van der Waals surface area contributed by atoms with E-state index in [1.807, 2.05) is 23.1 Å². The van der Waals surface area contributed by atoms with E-state index < -0.39 is 0 Å². The quantitative estimate of drug-likeness (QED) is 0.714. The van der Waals surface area contributed by atoms with Crippen molar-refractivity contribution in [3.63, 3.8) is 0 Å². The molecular formula is C15H19NS2. The lowest BCUT2D eigenvalue weighted by Gasteiger charge is -2.27. The lowest BCUT2D eigenvalue weighted by molar-refractivity contribution is 0.282. The van der Waals surface area contributed by atoms with Gasteiger partial charge in [0.25, 0.3) is 0 Å². The Morgan fingerprint density at radius 2 is 2.11 bits per heavy atom. The zero-order valence-electron chi connectivity index (χ0n) is 10.8. The van der Waals surface area contributed by atoms with Crippen molar-refractivity contribution in [2.75, 3.05) is 5.75 Å². The van der Waals surface area contributed by atoms with Crippen LogP contribution in [0.15, 0.2) is 28.6 Å². The minimum Gasteiger partial charge on any atom is -0.230 e. The summed E-state index contributed by atoms with van der Waals surface area (Å²) in [6.07, 6.45) is 5.70. The van der Waals surface area contributed by atoms with Crippen molar-refractivity contribution in [3.05, 3.63) is 24.3 Å². The van der Waals surface area contributed by atoms with Crippen molar-refractivity contribution in [2.24, 2.45) is 11.8 Å². The molecule has 1 fully saturated rings. The molecule has 1 aliphatic rings. The fraction of sp³-hybridized carbons (Fsp3) is 0.533. The predicted molar refractivity (Wildman–Crippen MR) is 81.5 cm³/mol. The summed E-state index contributed by atoms with van der Waals surface area (Å²) in [5.41, 5.74) is 1.15. The summed E-state index contributed by atoms with van der Waals surface area (Å²) < 4.78 is 2.56. The average Bonchev–Trinajstić information content (AvgIpc) is 2.80. The van der Waals surface area contributed by atoms with Crippen LogP contribution in [0.5, 0.6) is 0 Å². The predicted octanol–water partition coefficient (Wildman–Crippen LogP) is 5.21. The van der Waals surface area contributed by atoms with Crippen molar-refractivity contribution >= 4 is 33.3 Å². The number of aromatic nitrogens is 1. The van der Waals surface area contributed by atoms with E-state index in [4.69, 9.17) is 4.98 Å². The van der Waals surface area contributed by atoms with Crippen molar-refractivity contribution in [1.29, 1.82) is 0 Å². The van der Waals surface area contributed by atoms with Gasteiger partial charge in [-0.2, -0.15) is 0 Å². The van der Waals surface area contributed by atoms with Gasteiger partial charge in [0, 0.05) is 5.75 Å². The van der Waals surface area contributed by atoms with Crippen molar-refractivity contribution < 1.29 is 0 Å². The third-order valence-electron chi connectivity index (χ3n) is 3.98. The Morgan fingerprint density at radius 3 is 2.94 bits per heavy atom. The standard InChI is InChI=1S/C15H19NS2/c1-11-6-2-3-7-12(11)10-17-15-16-13-8-4-5-9-14(13)18-15/h4-5,8-9,11-12H,2-3,6-7,10H2,1H3. The van der Waals surface area contributed by atoms with E-state index in [0.717, 1.165) is 17.4 Å². The molecule has 1 nitrogen and oxygen atoms in total. The molecule has 0 N–H and O–H groups in total. The number of thiazole rings is 1. The Morgan fingerprint density at radius 1 is 1.28 bits per heavy atom. The van der Waals surface area contributed by atoms with Crippen LogP contribution in [-0.2, 0) is 0 Å². The van der Waals surface area contributed by atoms with Gasteiger partial charge in [0.2, 0.25) is 0 Å². The number of fused-ring (bicyclic) bond motifs is 1. The van der Waals surface area contributed by atoms with Crippen LogP contribution in [-0.4, -0.2) is 10.7 Å². The van der Waals surface area contributed by atoms with Crippen LogP contribution < -0.4 is 0 Å². The second-order valence-electron chi connectivity index (χ2n) is 5.28. The molecule has 2 aromatic rings. The first kappa shape index (κ1) is 12.5. The van der Waals surface area contributed by atoms with Gasteiger partial charge in [-0.15, -0.1) is 11.3 Å². The van der Waals surface area contributed by atoms with Gasteiger partial charge < -0.3 is 0 Å². The molecule has 2 atom stereocenters. The Hall–Kier alpha value is -0.540. The third kappa shape index (κ3) is 2.72. The second-order valence-corrected chi connectivity index (χ2v) is 7.58. The van der Waals surface area contributed by atoms with Gasteiger partial charge in [-0.3, -0.25) is 0 Å². The molecular weight excluding hydrogens is 258 g/mol. The smallest absolute Gasteiger partial charge is 0.151 e. The topological polar surface area (TPSA) is 12.9 Å². The van der Waals surface area contributed by atoms with E-state index in [2.05, 4.69) is 31.2 Å². The summed E-state index contributed by atoms with van der Waals surface area (Å²) in [5.74, 6) is 3.05. The van der Waals surface area contributed by atoms with Crippen LogP contribution >= 0.6 is 23.1 Å². The molecule has 0 bridgehead atoms. The van der Waals surface area contributed by atoms with Gasteiger partial charge in [-0.1, -0.05) is 50.1 Å². The minimum atomic E-state index is 0.899. The zero-order chi connectivity index (χ0) is 12.4. The van der Waals surface area contributed by atoms with Gasteiger partial charge >= 0.3 is 0 Å². The summed E-state index contributed by atoms with van der Waals surface area (Å²) in [4.78, 5) is 4.70. The Kier molecular flexibility index (Phi) is 3.90. The maximum atomic E-state index is 4.70. The van der Waals surface area contributed by atoms with Gasteiger partial charge in [-0.05, 0) is 30.4 Å². The molecule has 1 aromatic carbocycles. The fourth-order valence-corrected chi connectivity index (χ4v) is 5.15. The maximum absolute atomic E-state index is 4.70. The van der Waals surface area contributed by atoms with Crippen LogP contribution in [0.25, 0.3) is 10.2 Å². The lowest BCUT2D eigenvalue weighted by atomic mass is 9.82. The number of benzene rings is 1. The van der Waals surface area contributed by atoms with Crippen molar-refractivity contribution in [2.45, 2.75) is 36.9 Å². The maximum Gasteiger partial charge on any atom is 0.151 e. The molecule has 0 saturated heterocycles. The van der Waals surface area contributed by atoms with E-state index >= 15 is 0 Å². The number of para-hydroxylation sites is 1. The molecule has 2 unspecified atom stereocenters. The number of nitrogens with zero attached hydrogens (tertiary/aromatic N) is 1. The normalized spacial score (nSPS) is 24.5. The number of hydrogen-bond acceptors (Lipinski definition) is 3. The van der Waals surface area contributed by atoms with E-state index in [0.29, 0.717) is 0 Å². The SMILES string of the molecule is CC1CCCCC1CSc1nc2ccccc2s1. The van der Waals surface area contributed by atoms with Crippen LogP contribution in [0, 0.1) is 11.8 Å². The Labute approximate surface area is 117 Å². The van der Waals surface area contributed by atoms with E-state index in [1.54, 1.807) is 0 Å². The molecule has 3 heteroatoms. The van der Waals surface area contributed by atoms with Gasteiger partial charge in [0.05, 0.1) is 10.2 Å². The first-order valence-electron chi connectivity index (χ1n) is 6.81. The summed E-state index contributed by atoms with van der Waals surface area (Å²) in [6, 6.07) is 8.44. The van der Waals surface area contributed by atoms with Crippen molar-refractivity contribution in [3.8, 4) is 0 Å². The van der Waals surface area contributed by atoms with Crippen LogP contribution in [0.2, 0.25) is 0 Å². The molecule has 1 saturated carbocycles. The third-order valence-corrected chi connectivity index (χ3v) is 6.35. The molecule has 0 radical (unpaired) electrons.